The van der Waals surface area contributed by atoms with Crippen molar-refractivity contribution in [1.82, 2.24) is 10.2 Å². The number of carbonyl (C=O) groups is 1. The van der Waals surface area contributed by atoms with Crippen LogP contribution in [0.25, 0.3) is 0 Å². The van der Waals surface area contributed by atoms with Crippen LogP contribution < -0.4 is 4.74 Å². The molecule has 1 N–H and O–H groups in total. The average molecular weight is 280 g/mol. The van der Waals surface area contributed by atoms with Crippen LogP contribution in [0.3, 0.4) is 0 Å². The van der Waals surface area contributed by atoms with Crippen molar-refractivity contribution >= 4 is 5.97 Å². The van der Waals surface area contributed by atoms with E-state index in [4.69, 9.17) is 9.84 Å². The Morgan fingerprint density at radius 1 is 1.15 bits per heavy atom. The molecule has 0 bridgehead atoms. The molecule has 1 heterocycles. The molecule has 104 valence electrons. The van der Waals surface area contributed by atoms with Gasteiger partial charge in [0, 0.05) is 18.2 Å². The minimum Gasteiger partial charge on any atom is -0.477 e. The smallest absolute Gasteiger partial charge is 0.341 e. The first kappa shape index (κ1) is 13.9. The number of aromatic nitrogens is 2. The minimum absolute atomic E-state index is 0.192. The van der Waals surface area contributed by atoms with E-state index in [2.05, 4.69) is 10.2 Å². The molecule has 20 heavy (non-hydrogen) atoms. The molecule has 0 aliphatic rings. The molecule has 0 aliphatic heterocycles. The molecule has 5 nitrogen and oxygen atoms in total. The van der Waals surface area contributed by atoms with Gasteiger partial charge >= 0.3 is 5.97 Å². The summed E-state index contributed by atoms with van der Waals surface area (Å²) in [5.74, 6) is -3.44. The fourth-order valence-corrected chi connectivity index (χ4v) is 1.61. The third kappa shape index (κ3) is 2.71. The molecule has 0 unspecified atom stereocenters. The first-order valence-corrected chi connectivity index (χ1v) is 5.59. The number of nitrogens with zero attached hydrogens (tertiary/aromatic N) is 2. The Hall–Kier alpha value is -2.57. The fraction of sp³-hybridized carbons (Fsp3) is 0.154. The summed E-state index contributed by atoms with van der Waals surface area (Å²) >= 11 is 0. The Balaban J connectivity index is 2.48. The van der Waals surface area contributed by atoms with E-state index in [0.29, 0.717) is 17.3 Å². The van der Waals surface area contributed by atoms with Gasteiger partial charge in [0.1, 0.15) is 22.9 Å². The van der Waals surface area contributed by atoms with Crippen LogP contribution >= 0.6 is 0 Å². The first-order chi connectivity index (χ1) is 9.38. The lowest BCUT2D eigenvalue weighted by Crippen LogP contribution is -2.08. The Morgan fingerprint density at radius 3 is 2.30 bits per heavy atom. The molecular formula is C13H10F2N2O3. The summed E-state index contributed by atoms with van der Waals surface area (Å²) in [7, 11) is 0. The maximum Gasteiger partial charge on any atom is 0.341 e. The molecule has 0 fully saturated rings. The summed E-state index contributed by atoms with van der Waals surface area (Å²) in [5.41, 5.74) is 0.613. The summed E-state index contributed by atoms with van der Waals surface area (Å²) in [6, 6.07) is 2.52. The highest BCUT2D eigenvalue weighted by molar-refractivity contribution is 5.92. The second kappa shape index (κ2) is 5.20. The Morgan fingerprint density at radius 2 is 1.75 bits per heavy atom. The molecule has 0 saturated carbocycles. The maximum absolute atomic E-state index is 13.1. The van der Waals surface area contributed by atoms with Gasteiger partial charge in [0.05, 0.1) is 5.69 Å². The number of benzene rings is 1. The lowest BCUT2D eigenvalue weighted by atomic mass is 10.1. The van der Waals surface area contributed by atoms with Crippen molar-refractivity contribution < 1.29 is 23.4 Å². The zero-order valence-corrected chi connectivity index (χ0v) is 10.6. The molecule has 0 radical (unpaired) electrons. The maximum atomic E-state index is 13.1. The number of ether oxygens (including phenoxy) is 1. The molecule has 1 aromatic carbocycles. The average Bonchev–Trinajstić information content (AvgIpc) is 2.32. The Bertz CT molecular complexity index is 669. The van der Waals surface area contributed by atoms with E-state index >= 15 is 0 Å². The third-order valence-corrected chi connectivity index (χ3v) is 2.69. The number of hydrogen-bond acceptors (Lipinski definition) is 4. The SMILES string of the molecule is Cc1nnc(Oc2cc(F)cc(F)c2)c(C(=O)O)c1C. The van der Waals surface area contributed by atoms with E-state index < -0.39 is 17.6 Å². The van der Waals surface area contributed by atoms with Gasteiger partial charge in [-0.15, -0.1) is 5.10 Å². The van der Waals surface area contributed by atoms with Crippen LogP contribution in [0.5, 0.6) is 11.6 Å². The molecule has 2 rings (SSSR count). The van der Waals surface area contributed by atoms with Crippen LogP contribution in [-0.2, 0) is 0 Å². The summed E-state index contributed by atoms with van der Waals surface area (Å²) in [4.78, 5) is 11.2. The number of carboxylic acids is 1. The quantitative estimate of drug-likeness (QED) is 0.935. The molecule has 7 heteroatoms. The van der Waals surface area contributed by atoms with E-state index in [9.17, 15) is 13.6 Å². The number of aromatic carboxylic acids is 1. The van der Waals surface area contributed by atoms with Crippen LogP contribution in [0, 0.1) is 25.5 Å². The van der Waals surface area contributed by atoms with Gasteiger partial charge in [-0.1, -0.05) is 0 Å². The van der Waals surface area contributed by atoms with E-state index in [1.165, 1.54) is 0 Å². The monoisotopic (exact) mass is 280 g/mol. The van der Waals surface area contributed by atoms with Gasteiger partial charge in [-0.05, 0) is 19.4 Å². The van der Waals surface area contributed by atoms with Gasteiger partial charge in [0.2, 0.25) is 0 Å². The number of carboxylic acid groups (broad SMARTS) is 1. The van der Waals surface area contributed by atoms with Gasteiger partial charge in [0.25, 0.3) is 5.88 Å². The van der Waals surface area contributed by atoms with Crippen molar-refractivity contribution in [2.75, 3.05) is 0 Å². The van der Waals surface area contributed by atoms with Crippen LogP contribution in [0.1, 0.15) is 21.6 Å². The largest absolute Gasteiger partial charge is 0.477 e. The minimum atomic E-state index is -1.26. The first-order valence-electron chi connectivity index (χ1n) is 5.59. The molecule has 2 aromatic rings. The van der Waals surface area contributed by atoms with Crippen molar-refractivity contribution in [2.24, 2.45) is 0 Å². The van der Waals surface area contributed by atoms with Crippen molar-refractivity contribution in [3.63, 3.8) is 0 Å². The lowest BCUT2D eigenvalue weighted by molar-refractivity contribution is 0.0692. The van der Waals surface area contributed by atoms with Crippen molar-refractivity contribution in [3.8, 4) is 11.6 Å². The van der Waals surface area contributed by atoms with Crippen LogP contribution in [0.2, 0.25) is 0 Å². The number of rotatable bonds is 3. The summed E-state index contributed by atoms with van der Waals surface area (Å²) in [6.07, 6.45) is 0. The van der Waals surface area contributed by atoms with Gasteiger partial charge in [0.15, 0.2) is 0 Å². The highest BCUT2D eigenvalue weighted by Crippen LogP contribution is 2.27. The Kier molecular flexibility index (Phi) is 3.60. The van der Waals surface area contributed by atoms with E-state index in [1.807, 2.05) is 0 Å². The van der Waals surface area contributed by atoms with Crippen molar-refractivity contribution in [3.05, 3.63) is 46.7 Å². The molecule has 0 saturated heterocycles. The van der Waals surface area contributed by atoms with Crippen molar-refractivity contribution in [2.45, 2.75) is 13.8 Å². The molecule has 0 aliphatic carbocycles. The van der Waals surface area contributed by atoms with Gasteiger partial charge in [-0.3, -0.25) is 0 Å². The second-order valence-corrected chi connectivity index (χ2v) is 4.10. The third-order valence-electron chi connectivity index (χ3n) is 2.69. The Labute approximate surface area is 112 Å². The predicted molar refractivity (Wildman–Crippen MR) is 64.9 cm³/mol. The van der Waals surface area contributed by atoms with Crippen LogP contribution in [0.4, 0.5) is 8.78 Å². The van der Waals surface area contributed by atoms with Crippen LogP contribution in [-0.4, -0.2) is 21.3 Å². The zero-order valence-electron chi connectivity index (χ0n) is 10.6. The standard InChI is InChI=1S/C13H10F2N2O3/c1-6-7(2)16-17-12(11(6)13(18)19)20-10-4-8(14)3-9(15)5-10/h3-5H,1-2H3,(H,18,19). The van der Waals surface area contributed by atoms with Gasteiger partial charge in [-0.25, -0.2) is 13.6 Å². The van der Waals surface area contributed by atoms with E-state index in [-0.39, 0.29) is 17.2 Å². The topological polar surface area (TPSA) is 72.3 Å². The number of hydrogen-bond donors (Lipinski definition) is 1. The molecular weight excluding hydrogens is 270 g/mol. The summed E-state index contributed by atoms with van der Waals surface area (Å²) in [6.45, 7) is 3.15. The highest BCUT2D eigenvalue weighted by atomic mass is 19.1. The van der Waals surface area contributed by atoms with E-state index in [0.717, 1.165) is 12.1 Å². The summed E-state index contributed by atoms with van der Waals surface area (Å²) < 4.78 is 31.3. The normalized spacial score (nSPS) is 10.4. The highest BCUT2D eigenvalue weighted by Gasteiger charge is 2.20. The van der Waals surface area contributed by atoms with Gasteiger partial charge < -0.3 is 9.84 Å². The zero-order chi connectivity index (χ0) is 14.9. The molecule has 0 amide bonds. The molecule has 0 atom stereocenters. The lowest BCUT2D eigenvalue weighted by Gasteiger charge is -2.10. The van der Waals surface area contributed by atoms with Crippen molar-refractivity contribution in [1.29, 1.82) is 0 Å². The number of aryl methyl sites for hydroxylation is 1. The second-order valence-electron chi connectivity index (χ2n) is 4.10. The molecule has 0 spiro atoms. The summed E-state index contributed by atoms with van der Waals surface area (Å²) in [5, 5.41) is 16.5. The predicted octanol–water partition coefficient (Wildman–Crippen LogP) is 2.86. The van der Waals surface area contributed by atoms with E-state index in [1.54, 1.807) is 13.8 Å². The number of halogens is 2. The van der Waals surface area contributed by atoms with Gasteiger partial charge in [-0.2, -0.15) is 5.10 Å². The fourth-order valence-electron chi connectivity index (χ4n) is 1.61. The van der Waals surface area contributed by atoms with Crippen LogP contribution in [0.15, 0.2) is 18.2 Å². The molecule has 1 aromatic heterocycles.